The summed E-state index contributed by atoms with van der Waals surface area (Å²) in [5.74, 6) is 2.74. The lowest BCUT2D eigenvalue weighted by Crippen LogP contribution is -2.65. The van der Waals surface area contributed by atoms with E-state index in [-0.39, 0.29) is 11.5 Å². The van der Waals surface area contributed by atoms with Gasteiger partial charge in [-0.05, 0) is 69.7 Å². The van der Waals surface area contributed by atoms with Gasteiger partial charge >= 0.3 is 0 Å². The van der Waals surface area contributed by atoms with E-state index >= 15 is 0 Å². The van der Waals surface area contributed by atoms with Gasteiger partial charge in [0.15, 0.2) is 5.82 Å². The van der Waals surface area contributed by atoms with Crippen LogP contribution in [0.4, 0.5) is 5.69 Å². The van der Waals surface area contributed by atoms with E-state index in [4.69, 9.17) is 4.74 Å². The summed E-state index contributed by atoms with van der Waals surface area (Å²) in [7, 11) is 1.93. The molecule has 1 aromatic heterocycles. The van der Waals surface area contributed by atoms with Gasteiger partial charge in [-0.15, -0.1) is 10.2 Å². The number of nitrogens with one attached hydrogen (secondary N) is 1. The van der Waals surface area contributed by atoms with E-state index in [9.17, 15) is 5.26 Å². The van der Waals surface area contributed by atoms with Gasteiger partial charge in [-0.3, -0.25) is 0 Å². The number of likely N-dealkylation sites (tertiary alicyclic amines) is 1. The molecular formula is C26H32N8O. The van der Waals surface area contributed by atoms with E-state index in [1.54, 1.807) is 6.33 Å². The number of nitrogens with zero attached hydrogens (tertiary/aromatic N) is 7. The molecule has 9 heteroatoms. The molecule has 0 spiro atoms. The van der Waals surface area contributed by atoms with Crippen LogP contribution in [-0.2, 0) is 7.05 Å². The molecule has 1 fully saturated rings. The molecule has 4 heterocycles. The summed E-state index contributed by atoms with van der Waals surface area (Å²) >= 11 is 0. The van der Waals surface area contributed by atoms with Crippen LogP contribution in [0.2, 0.25) is 0 Å². The van der Waals surface area contributed by atoms with Crippen molar-refractivity contribution in [3.05, 3.63) is 59.8 Å². The Kier molecular flexibility index (Phi) is 5.77. The van der Waals surface area contributed by atoms with Crippen LogP contribution in [-0.4, -0.2) is 61.5 Å². The fraction of sp³-hybridized carbons (Fsp3) is 0.423. The Bertz CT molecular complexity index is 1260. The zero-order valence-electron chi connectivity index (χ0n) is 21.0. The molecule has 1 unspecified atom stereocenters. The van der Waals surface area contributed by atoms with E-state index < -0.39 is 0 Å². The third-order valence-electron chi connectivity index (χ3n) is 7.03. The second kappa shape index (κ2) is 8.78. The number of aromatic nitrogens is 3. The third kappa shape index (κ3) is 4.04. The van der Waals surface area contributed by atoms with E-state index in [2.05, 4.69) is 75.5 Å². The van der Waals surface area contributed by atoms with Gasteiger partial charge in [0.2, 0.25) is 0 Å². The number of ether oxygens (including phenoxy) is 1. The molecule has 9 nitrogen and oxygen atoms in total. The van der Waals surface area contributed by atoms with Crippen LogP contribution in [0.25, 0.3) is 11.4 Å². The van der Waals surface area contributed by atoms with Crippen molar-refractivity contribution in [2.24, 2.45) is 13.0 Å². The smallest absolute Gasteiger partial charge is 0.163 e. The Balaban J connectivity index is 1.38. The highest BCUT2D eigenvalue weighted by Crippen LogP contribution is 2.42. The van der Waals surface area contributed by atoms with Crippen LogP contribution >= 0.6 is 0 Å². The van der Waals surface area contributed by atoms with Crippen LogP contribution in [0.15, 0.2) is 59.8 Å². The number of hydrogen-bond acceptors (Lipinski definition) is 8. The Morgan fingerprint density at radius 2 is 2.11 bits per heavy atom. The number of benzene rings is 1. The lowest BCUT2D eigenvalue weighted by atomic mass is 9.77. The van der Waals surface area contributed by atoms with Crippen molar-refractivity contribution in [1.82, 2.24) is 29.6 Å². The highest BCUT2D eigenvalue weighted by Gasteiger charge is 2.49. The van der Waals surface area contributed by atoms with Crippen LogP contribution in [0.3, 0.4) is 0 Å². The van der Waals surface area contributed by atoms with Crippen molar-refractivity contribution in [2.45, 2.75) is 33.2 Å². The maximum atomic E-state index is 9.52. The van der Waals surface area contributed by atoms with Gasteiger partial charge in [-0.2, -0.15) is 10.3 Å². The van der Waals surface area contributed by atoms with E-state index in [1.807, 2.05) is 36.7 Å². The quantitative estimate of drug-likeness (QED) is 0.681. The van der Waals surface area contributed by atoms with Crippen molar-refractivity contribution in [2.75, 3.05) is 31.8 Å². The molecule has 1 atom stereocenters. The Hall–Kier alpha value is -3.77. The monoisotopic (exact) mass is 472 g/mol. The second-order valence-corrected chi connectivity index (χ2v) is 9.78. The van der Waals surface area contributed by atoms with Crippen LogP contribution in [0.1, 0.15) is 27.7 Å². The summed E-state index contributed by atoms with van der Waals surface area (Å²) in [5.41, 5.74) is 7.63. The van der Waals surface area contributed by atoms with Gasteiger partial charge in [0, 0.05) is 31.4 Å². The standard InChI is InChI=1S/C26H32N8O/c1-6-35-23-13-19(25-29-28-16-31(25)5)7-8-22(23)30-32-10-9-21-11-18(2)12-24(33(21)17-32)34-15-20(14-27)26(34,3)4/h7-9,11-13,16,20,30H,6,10,15,17H2,1-5H3. The maximum Gasteiger partial charge on any atom is 0.163 e. The van der Waals surface area contributed by atoms with Crippen molar-refractivity contribution in [1.29, 1.82) is 5.26 Å². The van der Waals surface area contributed by atoms with Gasteiger partial charge in [-0.25, -0.2) is 0 Å². The Labute approximate surface area is 206 Å². The fourth-order valence-electron chi connectivity index (χ4n) is 4.87. The van der Waals surface area contributed by atoms with E-state index in [0.717, 1.165) is 41.7 Å². The number of nitriles is 1. The molecule has 35 heavy (non-hydrogen) atoms. The lowest BCUT2D eigenvalue weighted by Gasteiger charge is -2.57. The maximum absolute atomic E-state index is 9.52. The first-order chi connectivity index (χ1) is 16.8. The van der Waals surface area contributed by atoms with E-state index in [1.165, 1.54) is 11.3 Å². The third-order valence-corrected chi connectivity index (χ3v) is 7.03. The molecule has 3 aliphatic rings. The lowest BCUT2D eigenvalue weighted by molar-refractivity contribution is -0.0242. The predicted molar refractivity (Wildman–Crippen MR) is 134 cm³/mol. The first-order valence-corrected chi connectivity index (χ1v) is 12.0. The van der Waals surface area contributed by atoms with Crippen LogP contribution in [0.5, 0.6) is 5.75 Å². The summed E-state index contributed by atoms with van der Waals surface area (Å²) in [6.07, 6.45) is 8.36. The molecule has 3 aliphatic heterocycles. The second-order valence-electron chi connectivity index (χ2n) is 9.78. The molecule has 182 valence electrons. The normalized spacial score (nSPS) is 21.3. The number of aryl methyl sites for hydroxylation is 1. The minimum absolute atomic E-state index is 0.0299. The highest BCUT2D eigenvalue weighted by atomic mass is 16.5. The average molecular weight is 473 g/mol. The van der Waals surface area contributed by atoms with Gasteiger partial charge in [0.1, 0.15) is 17.9 Å². The summed E-state index contributed by atoms with van der Waals surface area (Å²) in [6, 6.07) is 8.52. The van der Waals surface area contributed by atoms with Crippen LogP contribution in [0, 0.1) is 17.2 Å². The summed E-state index contributed by atoms with van der Waals surface area (Å²) in [6.45, 7) is 11.1. The fourth-order valence-corrected chi connectivity index (χ4v) is 4.87. The first kappa shape index (κ1) is 23.0. The zero-order chi connectivity index (χ0) is 24.7. The molecule has 0 saturated carbocycles. The first-order valence-electron chi connectivity index (χ1n) is 12.0. The minimum atomic E-state index is -0.198. The number of hydrazine groups is 1. The molecule has 2 aromatic rings. The van der Waals surface area contributed by atoms with Crippen molar-refractivity contribution < 1.29 is 4.74 Å². The largest absolute Gasteiger partial charge is 0.492 e. The number of allylic oxidation sites excluding steroid dienone is 3. The van der Waals surface area contributed by atoms with Crippen molar-refractivity contribution >= 4 is 5.69 Å². The molecule has 1 N–H and O–H groups in total. The summed E-state index contributed by atoms with van der Waals surface area (Å²) < 4.78 is 7.87. The Morgan fingerprint density at radius 3 is 2.80 bits per heavy atom. The van der Waals surface area contributed by atoms with Crippen molar-refractivity contribution in [3.63, 3.8) is 0 Å². The molecule has 0 aliphatic carbocycles. The molecule has 0 bridgehead atoms. The Morgan fingerprint density at radius 1 is 1.29 bits per heavy atom. The van der Waals surface area contributed by atoms with Gasteiger partial charge in [-0.1, -0.05) is 0 Å². The predicted octanol–water partition coefficient (Wildman–Crippen LogP) is 3.70. The SMILES string of the molecule is CCOc1cc(-c2nncn2C)ccc1NN1CC=C2C=C(C)C=C(N3CC(C#N)C3(C)C)N2C1. The molecule has 0 amide bonds. The molecule has 1 saturated heterocycles. The number of fused-ring (bicyclic) bond motifs is 1. The summed E-state index contributed by atoms with van der Waals surface area (Å²) in [4.78, 5) is 4.66. The van der Waals surface area contributed by atoms with Crippen molar-refractivity contribution in [3.8, 4) is 23.2 Å². The number of anilines is 1. The summed E-state index contributed by atoms with van der Waals surface area (Å²) in [5, 5.41) is 19.9. The zero-order valence-corrected chi connectivity index (χ0v) is 21.0. The van der Waals surface area contributed by atoms with Gasteiger partial charge in [0.25, 0.3) is 0 Å². The average Bonchev–Trinajstić information content (AvgIpc) is 3.26. The molecular weight excluding hydrogens is 440 g/mol. The highest BCUT2D eigenvalue weighted by molar-refractivity contribution is 5.67. The van der Waals surface area contributed by atoms with E-state index in [0.29, 0.717) is 13.3 Å². The van der Waals surface area contributed by atoms with Crippen LogP contribution < -0.4 is 10.2 Å². The molecule has 5 rings (SSSR count). The number of rotatable bonds is 6. The molecule has 1 aromatic carbocycles. The number of hydrogen-bond donors (Lipinski definition) is 1. The topological polar surface area (TPSA) is 85.5 Å². The van der Waals surface area contributed by atoms with Gasteiger partial charge < -0.3 is 24.5 Å². The van der Waals surface area contributed by atoms with Gasteiger partial charge in [0.05, 0.1) is 36.5 Å². The molecule has 0 radical (unpaired) electrons. The minimum Gasteiger partial charge on any atom is -0.492 e.